The molecule has 0 saturated carbocycles. The molecule has 1 aromatic heterocycles. The third-order valence-electron chi connectivity index (χ3n) is 4.84. The van der Waals surface area contributed by atoms with Crippen molar-refractivity contribution in [2.24, 2.45) is 5.92 Å². The highest BCUT2D eigenvalue weighted by molar-refractivity contribution is 5.94. The summed E-state index contributed by atoms with van der Waals surface area (Å²) in [6, 6.07) is 9.81. The number of hydrogen-bond acceptors (Lipinski definition) is 4. The fourth-order valence-corrected chi connectivity index (χ4v) is 3.16. The van der Waals surface area contributed by atoms with Crippen molar-refractivity contribution < 1.29 is 14.0 Å². The minimum absolute atomic E-state index is 0.0291. The fraction of sp³-hybridized carbons (Fsp3) is 0.400. The first-order valence-electron chi connectivity index (χ1n) is 8.90. The van der Waals surface area contributed by atoms with Gasteiger partial charge in [-0.25, -0.2) is 0 Å². The van der Waals surface area contributed by atoms with Crippen molar-refractivity contribution in [1.29, 1.82) is 0 Å². The normalized spacial score (nSPS) is 14.9. The Bertz CT molecular complexity index is 730. The minimum Gasteiger partial charge on any atom is -0.472 e. The van der Waals surface area contributed by atoms with Crippen LogP contribution in [0.2, 0.25) is 0 Å². The molecule has 0 bridgehead atoms. The zero-order valence-electron chi connectivity index (χ0n) is 15.3. The van der Waals surface area contributed by atoms with Crippen molar-refractivity contribution in [3.8, 4) is 0 Å². The van der Waals surface area contributed by atoms with Gasteiger partial charge in [0.25, 0.3) is 5.91 Å². The summed E-state index contributed by atoms with van der Waals surface area (Å²) in [4.78, 5) is 28.5. The molecular weight excluding hydrogens is 330 g/mol. The number of benzene rings is 1. The highest BCUT2D eigenvalue weighted by atomic mass is 16.3. The van der Waals surface area contributed by atoms with E-state index in [-0.39, 0.29) is 17.7 Å². The number of piperidine rings is 1. The van der Waals surface area contributed by atoms with E-state index in [1.807, 2.05) is 43.3 Å². The SMILES string of the molecule is CN(C)c1ccc(CNC(=O)C2CCN(C(=O)c3ccoc3)CC2)cc1. The van der Waals surface area contributed by atoms with Gasteiger partial charge in [-0.05, 0) is 36.6 Å². The summed E-state index contributed by atoms with van der Waals surface area (Å²) < 4.78 is 4.97. The van der Waals surface area contributed by atoms with Crippen LogP contribution in [0.3, 0.4) is 0 Å². The molecular formula is C20H25N3O3. The summed E-state index contributed by atoms with van der Waals surface area (Å²) in [5.74, 6) is 0.000124. The molecule has 0 radical (unpaired) electrons. The second-order valence-electron chi connectivity index (χ2n) is 6.86. The Balaban J connectivity index is 1.45. The second kappa shape index (κ2) is 8.08. The van der Waals surface area contributed by atoms with Crippen molar-refractivity contribution in [3.63, 3.8) is 0 Å². The van der Waals surface area contributed by atoms with Crippen LogP contribution in [0.15, 0.2) is 47.3 Å². The van der Waals surface area contributed by atoms with Crippen LogP contribution in [0.25, 0.3) is 0 Å². The molecule has 0 atom stereocenters. The van der Waals surface area contributed by atoms with Crippen LogP contribution in [0.5, 0.6) is 0 Å². The van der Waals surface area contributed by atoms with Gasteiger partial charge in [0.1, 0.15) is 6.26 Å². The van der Waals surface area contributed by atoms with Gasteiger partial charge in [-0.15, -0.1) is 0 Å². The first kappa shape index (κ1) is 18.0. The van der Waals surface area contributed by atoms with Crippen molar-refractivity contribution in [3.05, 3.63) is 54.0 Å². The summed E-state index contributed by atoms with van der Waals surface area (Å²) >= 11 is 0. The van der Waals surface area contributed by atoms with Gasteiger partial charge in [-0.3, -0.25) is 9.59 Å². The van der Waals surface area contributed by atoms with Gasteiger partial charge in [-0.2, -0.15) is 0 Å². The summed E-state index contributed by atoms with van der Waals surface area (Å²) in [5, 5.41) is 3.02. The number of nitrogens with one attached hydrogen (secondary N) is 1. The van der Waals surface area contributed by atoms with Gasteiger partial charge in [0.05, 0.1) is 11.8 Å². The maximum absolute atomic E-state index is 12.4. The van der Waals surface area contributed by atoms with Crippen molar-refractivity contribution in [2.45, 2.75) is 19.4 Å². The van der Waals surface area contributed by atoms with Gasteiger partial charge in [0, 0.05) is 45.3 Å². The highest BCUT2D eigenvalue weighted by Gasteiger charge is 2.27. The molecule has 2 amide bonds. The molecule has 26 heavy (non-hydrogen) atoms. The maximum atomic E-state index is 12.4. The standard InChI is InChI=1S/C20H25N3O3/c1-22(2)18-5-3-15(4-6-18)13-21-19(24)16-7-10-23(11-8-16)20(25)17-9-12-26-14-17/h3-6,9,12,14,16H,7-8,10-11,13H2,1-2H3,(H,21,24). The number of furan rings is 1. The van der Waals surface area contributed by atoms with Gasteiger partial charge in [0.15, 0.2) is 0 Å². The topological polar surface area (TPSA) is 65.8 Å². The molecule has 0 unspecified atom stereocenters. The molecule has 1 fully saturated rings. The number of likely N-dealkylation sites (tertiary alicyclic amines) is 1. The average Bonchev–Trinajstić information content (AvgIpc) is 3.20. The van der Waals surface area contributed by atoms with Gasteiger partial charge >= 0.3 is 0 Å². The summed E-state index contributed by atoms with van der Waals surface area (Å²) in [5.41, 5.74) is 2.78. The van der Waals surface area contributed by atoms with Crippen molar-refractivity contribution >= 4 is 17.5 Å². The lowest BCUT2D eigenvalue weighted by Crippen LogP contribution is -2.42. The number of carbonyl (C=O) groups excluding carboxylic acids is 2. The monoisotopic (exact) mass is 355 g/mol. The fourth-order valence-electron chi connectivity index (χ4n) is 3.16. The molecule has 6 nitrogen and oxygen atoms in total. The van der Waals surface area contributed by atoms with Gasteiger partial charge < -0.3 is 19.5 Å². The summed E-state index contributed by atoms with van der Waals surface area (Å²) in [6.45, 7) is 1.72. The van der Waals surface area contributed by atoms with E-state index in [0.29, 0.717) is 38.0 Å². The lowest BCUT2D eigenvalue weighted by molar-refractivity contribution is -0.126. The molecule has 2 heterocycles. The smallest absolute Gasteiger partial charge is 0.257 e. The van der Waals surface area contributed by atoms with Crippen molar-refractivity contribution in [1.82, 2.24) is 10.2 Å². The number of carbonyl (C=O) groups is 2. The molecule has 0 aliphatic carbocycles. The second-order valence-corrected chi connectivity index (χ2v) is 6.86. The largest absolute Gasteiger partial charge is 0.472 e. The van der Waals surface area contributed by atoms with Crippen LogP contribution in [-0.2, 0) is 11.3 Å². The average molecular weight is 355 g/mol. The van der Waals surface area contributed by atoms with E-state index in [9.17, 15) is 9.59 Å². The molecule has 1 aliphatic rings. The van der Waals surface area contributed by atoms with Gasteiger partial charge in [-0.1, -0.05) is 12.1 Å². The Labute approximate surface area is 153 Å². The zero-order chi connectivity index (χ0) is 18.5. The molecule has 3 rings (SSSR count). The van der Waals surface area contributed by atoms with E-state index >= 15 is 0 Å². The van der Waals surface area contributed by atoms with Crippen LogP contribution < -0.4 is 10.2 Å². The Morgan fingerprint density at radius 2 is 1.85 bits per heavy atom. The number of rotatable bonds is 5. The first-order valence-corrected chi connectivity index (χ1v) is 8.90. The number of amides is 2. The Kier molecular flexibility index (Phi) is 5.61. The Hall–Kier alpha value is -2.76. The van der Waals surface area contributed by atoms with E-state index in [1.54, 1.807) is 11.0 Å². The third-order valence-corrected chi connectivity index (χ3v) is 4.84. The van der Waals surface area contributed by atoms with E-state index in [1.165, 1.54) is 12.5 Å². The lowest BCUT2D eigenvalue weighted by atomic mass is 9.95. The molecule has 0 spiro atoms. The zero-order valence-corrected chi connectivity index (χ0v) is 15.3. The minimum atomic E-state index is -0.0375. The van der Waals surface area contributed by atoms with Crippen LogP contribution in [0.1, 0.15) is 28.8 Å². The summed E-state index contributed by atoms with van der Waals surface area (Å²) in [6.07, 6.45) is 4.34. The van der Waals surface area contributed by atoms with Gasteiger partial charge in [0.2, 0.25) is 5.91 Å². The predicted octanol–water partition coefficient (Wildman–Crippen LogP) is 2.51. The van der Waals surface area contributed by atoms with Crippen LogP contribution >= 0.6 is 0 Å². The molecule has 2 aromatic rings. The van der Waals surface area contributed by atoms with E-state index < -0.39 is 0 Å². The van der Waals surface area contributed by atoms with Crippen molar-refractivity contribution in [2.75, 3.05) is 32.1 Å². The Morgan fingerprint density at radius 3 is 2.42 bits per heavy atom. The molecule has 1 N–H and O–H groups in total. The number of nitrogens with zero attached hydrogens (tertiary/aromatic N) is 2. The van der Waals surface area contributed by atoms with E-state index in [4.69, 9.17) is 4.42 Å². The van der Waals surface area contributed by atoms with Crippen LogP contribution in [0.4, 0.5) is 5.69 Å². The lowest BCUT2D eigenvalue weighted by Gasteiger charge is -2.31. The highest BCUT2D eigenvalue weighted by Crippen LogP contribution is 2.20. The maximum Gasteiger partial charge on any atom is 0.257 e. The number of anilines is 1. The first-order chi connectivity index (χ1) is 12.5. The molecule has 1 aromatic carbocycles. The Morgan fingerprint density at radius 1 is 1.15 bits per heavy atom. The van der Waals surface area contributed by atoms with E-state index in [0.717, 1.165) is 11.3 Å². The van der Waals surface area contributed by atoms with E-state index in [2.05, 4.69) is 5.32 Å². The molecule has 1 saturated heterocycles. The summed E-state index contributed by atoms with van der Waals surface area (Å²) in [7, 11) is 4.00. The molecule has 6 heteroatoms. The predicted molar refractivity (Wildman–Crippen MR) is 100.0 cm³/mol. The van der Waals surface area contributed by atoms with Crippen LogP contribution in [0, 0.1) is 5.92 Å². The third kappa shape index (κ3) is 4.25. The molecule has 1 aliphatic heterocycles. The molecule has 138 valence electrons. The van der Waals surface area contributed by atoms with Crippen LogP contribution in [-0.4, -0.2) is 43.9 Å². The number of hydrogen-bond donors (Lipinski definition) is 1. The quantitative estimate of drug-likeness (QED) is 0.895.